The zero-order valence-corrected chi connectivity index (χ0v) is 14.3. The van der Waals surface area contributed by atoms with Crippen molar-refractivity contribution in [1.82, 2.24) is 5.43 Å². The van der Waals surface area contributed by atoms with Crippen LogP contribution < -0.4 is 10.7 Å². The normalized spacial score (nSPS) is 15.7. The number of rotatable bonds is 5. The van der Waals surface area contributed by atoms with Gasteiger partial charge in [-0.15, -0.1) is 0 Å². The maximum absolute atomic E-state index is 12.3. The lowest BCUT2D eigenvalue weighted by Gasteiger charge is -2.20. The van der Waals surface area contributed by atoms with Crippen LogP contribution in [-0.4, -0.2) is 24.3 Å². The minimum absolute atomic E-state index is 0.0890. The van der Waals surface area contributed by atoms with Crippen molar-refractivity contribution in [2.24, 2.45) is 11.0 Å². The highest BCUT2D eigenvalue weighted by atomic mass is 16.5. The molecule has 1 saturated carbocycles. The quantitative estimate of drug-likeness (QED) is 0.638. The average Bonchev–Trinajstić information content (AvgIpc) is 2.61. The molecule has 1 aromatic rings. The third-order valence-electron chi connectivity index (χ3n) is 4.11. The molecule has 0 heterocycles. The first-order chi connectivity index (χ1) is 11.6. The van der Waals surface area contributed by atoms with Crippen LogP contribution in [0.15, 0.2) is 29.4 Å². The number of hydrogen-bond donors (Lipinski definition) is 2. The average molecular weight is 331 g/mol. The van der Waals surface area contributed by atoms with E-state index in [0.29, 0.717) is 12.3 Å². The molecular formula is C18H25N3O3. The number of amides is 2. The Morgan fingerprint density at radius 2 is 2.00 bits per heavy atom. The Hall–Kier alpha value is -2.37. The number of benzene rings is 1. The standard InChI is InChI=1S/C18H25N3O3/c1-3-24-18(23)21-20-13(2)15-10-7-11-16(12-15)19-17(22)14-8-5-4-6-9-14/h7,10-12,14H,3-6,8-9H2,1-2H3,(H,19,22)(H,21,23)/b20-13+. The van der Waals surface area contributed by atoms with Gasteiger partial charge in [-0.1, -0.05) is 31.4 Å². The fraction of sp³-hybridized carbons (Fsp3) is 0.500. The van der Waals surface area contributed by atoms with Gasteiger partial charge >= 0.3 is 6.09 Å². The summed E-state index contributed by atoms with van der Waals surface area (Å²) in [6.07, 6.45) is 4.83. The highest BCUT2D eigenvalue weighted by Gasteiger charge is 2.21. The van der Waals surface area contributed by atoms with Gasteiger partial charge in [0.25, 0.3) is 0 Å². The second kappa shape index (κ2) is 9.05. The molecule has 6 nitrogen and oxygen atoms in total. The molecule has 24 heavy (non-hydrogen) atoms. The molecule has 6 heteroatoms. The minimum Gasteiger partial charge on any atom is -0.449 e. The van der Waals surface area contributed by atoms with Crippen LogP contribution in [0.25, 0.3) is 0 Å². The smallest absolute Gasteiger partial charge is 0.427 e. The Morgan fingerprint density at radius 1 is 1.25 bits per heavy atom. The predicted molar refractivity (Wildman–Crippen MR) is 94.0 cm³/mol. The molecule has 0 saturated heterocycles. The van der Waals surface area contributed by atoms with E-state index < -0.39 is 6.09 Å². The number of hydrogen-bond acceptors (Lipinski definition) is 4. The van der Waals surface area contributed by atoms with E-state index in [-0.39, 0.29) is 11.8 Å². The SMILES string of the molecule is CCOC(=O)N/N=C(\C)c1cccc(NC(=O)C2CCCCC2)c1. The van der Waals surface area contributed by atoms with Crippen LogP contribution in [0.1, 0.15) is 51.5 Å². The monoisotopic (exact) mass is 331 g/mol. The number of anilines is 1. The third-order valence-corrected chi connectivity index (χ3v) is 4.11. The van der Waals surface area contributed by atoms with Crippen molar-refractivity contribution in [3.8, 4) is 0 Å². The molecule has 0 unspecified atom stereocenters. The van der Waals surface area contributed by atoms with Crippen LogP contribution in [0.5, 0.6) is 0 Å². The predicted octanol–water partition coefficient (Wildman–Crippen LogP) is 3.68. The van der Waals surface area contributed by atoms with Crippen LogP contribution in [0, 0.1) is 5.92 Å². The fourth-order valence-corrected chi connectivity index (χ4v) is 2.79. The Labute approximate surface area is 142 Å². The van der Waals surface area contributed by atoms with Crippen LogP contribution >= 0.6 is 0 Å². The van der Waals surface area contributed by atoms with Gasteiger partial charge in [0.2, 0.25) is 5.91 Å². The lowest BCUT2D eigenvalue weighted by atomic mass is 9.88. The van der Waals surface area contributed by atoms with Gasteiger partial charge in [-0.2, -0.15) is 5.10 Å². The van der Waals surface area contributed by atoms with E-state index in [4.69, 9.17) is 4.74 Å². The van der Waals surface area contributed by atoms with Gasteiger partial charge in [0.1, 0.15) is 0 Å². The number of carbonyl (C=O) groups excluding carboxylic acids is 2. The molecule has 0 atom stereocenters. The zero-order valence-electron chi connectivity index (χ0n) is 14.3. The Morgan fingerprint density at radius 3 is 2.71 bits per heavy atom. The van der Waals surface area contributed by atoms with E-state index in [9.17, 15) is 9.59 Å². The molecule has 0 aliphatic heterocycles. The Balaban J connectivity index is 1.98. The summed E-state index contributed by atoms with van der Waals surface area (Å²) in [5, 5.41) is 6.99. The second-order valence-electron chi connectivity index (χ2n) is 5.93. The largest absolute Gasteiger partial charge is 0.449 e. The number of carbonyl (C=O) groups is 2. The van der Waals surface area contributed by atoms with Crippen LogP contribution in [0.2, 0.25) is 0 Å². The summed E-state index contributed by atoms with van der Waals surface area (Å²) >= 11 is 0. The highest BCUT2D eigenvalue weighted by Crippen LogP contribution is 2.25. The molecule has 0 radical (unpaired) electrons. The van der Waals surface area contributed by atoms with Crippen molar-refractivity contribution in [3.05, 3.63) is 29.8 Å². The second-order valence-corrected chi connectivity index (χ2v) is 5.93. The van der Waals surface area contributed by atoms with Crippen molar-refractivity contribution in [2.75, 3.05) is 11.9 Å². The molecule has 1 aromatic carbocycles. The summed E-state index contributed by atoms with van der Waals surface area (Å²) in [4.78, 5) is 23.6. The summed E-state index contributed by atoms with van der Waals surface area (Å²) < 4.78 is 4.76. The van der Waals surface area contributed by atoms with E-state index in [1.807, 2.05) is 24.3 Å². The summed E-state index contributed by atoms with van der Waals surface area (Å²) in [5.74, 6) is 0.203. The van der Waals surface area contributed by atoms with Gasteiger partial charge in [-0.25, -0.2) is 10.2 Å². The molecule has 2 amide bonds. The van der Waals surface area contributed by atoms with Gasteiger partial charge in [0, 0.05) is 11.6 Å². The lowest BCUT2D eigenvalue weighted by molar-refractivity contribution is -0.120. The Bertz CT molecular complexity index is 607. The van der Waals surface area contributed by atoms with Crippen LogP contribution in [0.4, 0.5) is 10.5 Å². The van der Waals surface area contributed by atoms with Gasteiger partial charge in [-0.3, -0.25) is 4.79 Å². The zero-order chi connectivity index (χ0) is 17.4. The van der Waals surface area contributed by atoms with E-state index in [2.05, 4.69) is 15.8 Å². The maximum atomic E-state index is 12.3. The van der Waals surface area contributed by atoms with Crippen molar-refractivity contribution < 1.29 is 14.3 Å². The molecule has 0 bridgehead atoms. The van der Waals surface area contributed by atoms with Crippen molar-refractivity contribution in [2.45, 2.75) is 46.0 Å². The summed E-state index contributed by atoms with van der Waals surface area (Å²) in [5.41, 5.74) is 4.54. The molecule has 0 aromatic heterocycles. The molecule has 2 rings (SSSR count). The first-order valence-corrected chi connectivity index (χ1v) is 8.48. The van der Waals surface area contributed by atoms with Crippen LogP contribution in [0.3, 0.4) is 0 Å². The number of nitrogens with one attached hydrogen (secondary N) is 2. The summed E-state index contributed by atoms with van der Waals surface area (Å²) in [6.45, 7) is 3.81. The van der Waals surface area contributed by atoms with Crippen molar-refractivity contribution in [3.63, 3.8) is 0 Å². The molecule has 1 aliphatic carbocycles. The van der Waals surface area contributed by atoms with E-state index in [0.717, 1.165) is 36.9 Å². The van der Waals surface area contributed by atoms with Crippen molar-refractivity contribution in [1.29, 1.82) is 0 Å². The van der Waals surface area contributed by atoms with E-state index in [1.165, 1.54) is 6.42 Å². The van der Waals surface area contributed by atoms with Crippen LogP contribution in [-0.2, 0) is 9.53 Å². The molecule has 2 N–H and O–H groups in total. The van der Waals surface area contributed by atoms with Gasteiger partial charge in [0.05, 0.1) is 12.3 Å². The van der Waals surface area contributed by atoms with E-state index >= 15 is 0 Å². The number of hydrazone groups is 1. The van der Waals surface area contributed by atoms with Gasteiger partial charge in [-0.05, 0) is 44.4 Å². The van der Waals surface area contributed by atoms with Gasteiger partial charge < -0.3 is 10.1 Å². The first kappa shape index (κ1) is 18.0. The topological polar surface area (TPSA) is 79.8 Å². The number of nitrogens with zero attached hydrogens (tertiary/aromatic N) is 1. The highest BCUT2D eigenvalue weighted by molar-refractivity contribution is 6.01. The number of ether oxygens (including phenoxy) is 1. The van der Waals surface area contributed by atoms with Gasteiger partial charge in [0.15, 0.2) is 0 Å². The molecule has 1 aliphatic rings. The molecular weight excluding hydrogens is 306 g/mol. The fourth-order valence-electron chi connectivity index (χ4n) is 2.79. The molecule has 0 spiro atoms. The van der Waals surface area contributed by atoms with Crippen molar-refractivity contribution >= 4 is 23.4 Å². The molecule has 130 valence electrons. The first-order valence-electron chi connectivity index (χ1n) is 8.48. The minimum atomic E-state index is -0.585. The maximum Gasteiger partial charge on any atom is 0.427 e. The summed E-state index contributed by atoms with van der Waals surface area (Å²) in [7, 11) is 0. The Kier molecular flexibility index (Phi) is 6.78. The molecule has 1 fully saturated rings. The van der Waals surface area contributed by atoms with E-state index in [1.54, 1.807) is 13.8 Å². The third kappa shape index (κ3) is 5.37. The lowest BCUT2D eigenvalue weighted by Crippen LogP contribution is -2.24. The summed E-state index contributed by atoms with van der Waals surface area (Å²) in [6, 6.07) is 7.44.